The summed E-state index contributed by atoms with van der Waals surface area (Å²) >= 11 is 5.21. The average Bonchev–Trinajstić information content (AvgIpc) is 2.75. The molecule has 3 rings (SSSR count). The summed E-state index contributed by atoms with van der Waals surface area (Å²) in [5.74, 6) is 0. The number of anilines is 1. The van der Waals surface area contributed by atoms with Crippen LogP contribution in [0.15, 0.2) is 45.2 Å². The van der Waals surface area contributed by atoms with Crippen LogP contribution in [0, 0.1) is 0 Å². The van der Waals surface area contributed by atoms with Gasteiger partial charge in [-0.15, -0.1) is 11.3 Å². The third-order valence-electron chi connectivity index (χ3n) is 2.75. The van der Waals surface area contributed by atoms with Crippen molar-refractivity contribution in [1.82, 2.24) is 0 Å². The Balaban J connectivity index is 2.09. The van der Waals surface area contributed by atoms with Gasteiger partial charge in [0.15, 0.2) is 0 Å². The lowest BCUT2D eigenvalue weighted by Gasteiger charge is -2.23. The van der Waals surface area contributed by atoms with E-state index in [0.29, 0.717) is 0 Å². The molecule has 86 valence electrons. The molecular formula is C13H11BrN2S. The maximum Gasteiger partial charge on any atom is 0.0866 e. The highest BCUT2D eigenvalue weighted by molar-refractivity contribution is 9.11. The Labute approximate surface area is 113 Å². The van der Waals surface area contributed by atoms with Gasteiger partial charge in [-0.05, 0) is 47.1 Å². The zero-order valence-electron chi connectivity index (χ0n) is 9.27. The molecule has 1 N–H and O–H groups in total. The van der Waals surface area contributed by atoms with Crippen molar-refractivity contribution in [2.75, 3.05) is 5.32 Å². The molecule has 2 nitrogen and oxygen atoms in total. The van der Waals surface area contributed by atoms with E-state index in [0.717, 1.165) is 20.9 Å². The third-order valence-corrected chi connectivity index (χ3v) is 4.40. The standard InChI is InChI=1S/C13H11BrN2S/c1-8-13(11-6-7-12(14)17-11)16-10-5-3-2-4-9(10)15-8/h2-8,15H,1H3/t8-/m1/s1. The lowest BCUT2D eigenvalue weighted by molar-refractivity contribution is 1.03. The molecule has 1 atom stereocenters. The van der Waals surface area contributed by atoms with Crippen LogP contribution in [0.2, 0.25) is 0 Å². The monoisotopic (exact) mass is 306 g/mol. The number of fused-ring (bicyclic) bond motifs is 1. The molecule has 0 saturated carbocycles. The van der Waals surface area contributed by atoms with E-state index in [1.54, 1.807) is 11.3 Å². The van der Waals surface area contributed by atoms with Crippen LogP contribution in [-0.2, 0) is 0 Å². The van der Waals surface area contributed by atoms with Crippen molar-refractivity contribution in [2.45, 2.75) is 13.0 Å². The SMILES string of the molecule is C[C@H]1Nc2ccccc2N=C1c1ccc(Br)s1. The number of thiophene rings is 1. The van der Waals surface area contributed by atoms with Crippen molar-refractivity contribution in [2.24, 2.45) is 4.99 Å². The summed E-state index contributed by atoms with van der Waals surface area (Å²) < 4.78 is 1.14. The molecule has 2 aromatic rings. The second-order valence-corrected chi connectivity index (χ2v) is 6.45. The Bertz CT molecular complexity index is 589. The molecule has 0 aliphatic carbocycles. The van der Waals surface area contributed by atoms with Gasteiger partial charge in [-0.2, -0.15) is 0 Å². The molecule has 4 heteroatoms. The minimum Gasteiger partial charge on any atom is -0.375 e. The fourth-order valence-electron chi connectivity index (χ4n) is 1.94. The van der Waals surface area contributed by atoms with Crippen molar-refractivity contribution in [3.05, 3.63) is 45.1 Å². The van der Waals surface area contributed by atoms with Crippen LogP contribution in [0.25, 0.3) is 0 Å². The van der Waals surface area contributed by atoms with Crippen LogP contribution in [-0.4, -0.2) is 11.8 Å². The van der Waals surface area contributed by atoms with E-state index < -0.39 is 0 Å². The first-order valence-electron chi connectivity index (χ1n) is 5.44. The Morgan fingerprint density at radius 2 is 2.06 bits per heavy atom. The fraction of sp³-hybridized carbons (Fsp3) is 0.154. The van der Waals surface area contributed by atoms with E-state index in [1.165, 1.54) is 4.88 Å². The molecule has 0 saturated heterocycles. The van der Waals surface area contributed by atoms with E-state index in [2.05, 4.69) is 46.4 Å². The number of nitrogens with zero attached hydrogens (tertiary/aromatic N) is 1. The van der Waals surface area contributed by atoms with Gasteiger partial charge in [-0.25, -0.2) is 4.99 Å². The van der Waals surface area contributed by atoms with Gasteiger partial charge in [0.1, 0.15) is 0 Å². The van der Waals surface area contributed by atoms with Gasteiger partial charge in [0, 0.05) is 0 Å². The van der Waals surface area contributed by atoms with Crippen LogP contribution in [0.5, 0.6) is 0 Å². The molecule has 1 aromatic carbocycles. The van der Waals surface area contributed by atoms with E-state index >= 15 is 0 Å². The summed E-state index contributed by atoms with van der Waals surface area (Å²) in [5, 5.41) is 3.48. The lowest BCUT2D eigenvalue weighted by atomic mass is 10.1. The minimum absolute atomic E-state index is 0.246. The largest absolute Gasteiger partial charge is 0.375 e. The topological polar surface area (TPSA) is 24.4 Å². The normalized spacial score (nSPS) is 18.2. The fourth-order valence-corrected chi connectivity index (χ4v) is 3.41. The number of benzene rings is 1. The van der Waals surface area contributed by atoms with Gasteiger partial charge in [-0.3, -0.25) is 0 Å². The summed E-state index contributed by atoms with van der Waals surface area (Å²) in [6, 6.07) is 12.6. The van der Waals surface area contributed by atoms with Crippen LogP contribution in [0.3, 0.4) is 0 Å². The first-order valence-corrected chi connectivity index (χ1v) is 7.05. The molecule has 1 aliphatic rings. The van der Waals surface area contributed by atoms with Gasteiger partial charge in [0.05, 0.1) is 31.8 Å². The Morgan fingerprint density at radius 3 is 2.82 bits per heavy atom. The molecule has 1 aromatic heterocycles. The van der Waals surface area contributed by atoms with Crippen LogP contribution < -0.4 is 5.32 Å². The highest BCUT2D eigenvalue weighted by Crippen LogP contribution is 2.33. The van der Waals surface area contributed by atoms with Crippen molar-refractivity contribution in [1.29, 1.82) is 0 Å². The number of rotatable bonds is 1. The molecule has 17 heavy (non-hydrogen) atoms. The Morgan fingerprint density at radius 1 is 1.24 bits per heavy atom. The molecule has 0 fully saturated rings. The minimum atomic E-state index is 0.246. The smallest absolute Gasteiger partial charge is 0.0866 e. The Hall–Kier alpha value is -1.13. The van der Waals surface area contributed by atoms with Gasteiger partial charge in [0.2, 0.25) is 0 Å². The summed E-state index contributed by atoms with van der Waals surface area (Å²) in [6.07, 6.45) is 0. The molecule has 0 spiro atoms. The highest BCUT2D eigenvalue weighted by Gasteiger charge is 2.20. The van der Waals surface area contributed by atoms with Crippen LogP contribution >= 0.6 is 27.3 Å². The number of para-hydroxylation sites is 2. The third kappa shape index (κ3) is 2.03. The van der Waals surface area contributed by atoms with Crippen molar-refractivity contribution >= 4 is 44.4 Å². The average molecular weight is 307 g/mol. The predicted molar refractivity (Wildman–Crippen MR) is 77.7 cm³/mol. The van der Waals surface area contributed by atoms with Crippen molar-refractivity contribution in [3.8, 4) is 0 Å². The molecule has 1 aliphatic heterocycles. The van der Waals surface area contributed by atoms with Gasteiger partial charge in [0.25, 0.3) is 0 Å². The second kappa shape index (κ2) is 4.27. The molecule has 0 amide bonds. The maximum absolute atomic E-state index is 4.75. The number of aliphatic imine (C=N–C) groups is 1. The van der Waals surface area contributed by atoms with Gasteiger partial charge in [-0.1, -0.05) is 12.1 Å². The zero-order valence-corrected chi connectivity index (χ0v) is 11.7. The van der Waals surface area contributed by atoms with Gasteiger partial charge < -0.3 is 5.32 Å². The quantitative estimate of drug-likeness (QED) is 0.827. The van der Waals surface area contributed by atoms with E-state index in [1.807, 2.05) is 18.2 Å². The van der Waals surface area contributed by atoms with Crippen molar-refractivity contribution < 1.29 is 0 Å². The summed E-state index contributed by atoms with van der Waals surface area (Å²) in [5.41, 5.74) is 3.24. The lowest BCUT2D eigenvalue weighted by Crippen LogP contribution is -2.28. The number of halogens is 1. The van der Waals surface area contributed by atoms with E-state index in [4.69, 9.17) is 4.99 Å². The summed E-state index contributed by atoms with van der Waals surface area (Å²) in [7, 11) is 0. The molecule has 0 bridgehead atoms. The van der Waals surface area contributed by atoms with E-state index in [9.17, 15) is 0 Å². The molecular weight excluding hydrogens is 296 g/mol. The number of nitrogens with one attached hydrogen (secondary N) is 1. The molecule has 0 radical (unpaired) electrons. The van der Waals surface area contributed by atoms with E-state index in [-0.39, 0.29) is 6.04 Å². The first kappa shape index (κ1) is 11.0. The summed E-state index contributed by atoms with van der Waals surface area (Å²) in [6.45, 7) is 2.14. The second-order valence-electron chi connectivity index (χ2n) is 3.98. The van der Waals surface area contributed by atoms with Gasteiger partial charge >= 0.3 is 0 Å². The molecule has 0 unspecified atom stereocenters. The maximum atomic E-state index is 4.75. The van der Waals surface area contributed by atoms with Crippen LogP contribution in [0.1, 0.15) is 11.8 Å². The van der Waals surface area contributed by atoms with Crippen LogP contribution in [0.4, 0.5) is 11.4 Å². The number of hydrogen-bond donors (Lipinski definition) is 1. The molecule has 2 heterocycles. The Kier molecular flexibility index (Phi) is 2.76. The predicted octanol–water partition coefficient (Wildman–Crippen LogP) is 4.45. The number of hydrogen-bond acceptors (Lipinski definition) is 3. The highest BCUT2D eigenvalue weighted by atomic mass is 79.9. The van der Waals surface area contributed by atoms with Crippen molar-refractivity contribution in [3.63, 3.8) is 0 Å². The summed E-state index contributed by atoms with van der Waals surface area (Å²) in [4.78, 5) is 5.97. The first-order chi connectivity index (χ1) is 8.24. The zero-order chi connectivity index (χ0) is 11.8.